The van der Waals surface area contributed by atoms with E-state index in [9.17, 15) is 0 Å². The number of nitrogens with one attached hydrogen (secondary N) is 1. The van der Waals surface area contributed by atoms with Gasteiger partial charge in [0, 0.05) is 24.0 Å². The zero-order valence-electron chi connectivity index (χ0n) is 12.6. The summed E-state index contributed by atoms with van der Waals surface area (Å²) in [5.41, 5.74) is 2.12. The smallest absolute Gasteiger partial charge is 0.235 e. The molecule has 1 aromatic carbocycles. The van der Waals surface area contributed by atoms with Crippen molar-refractivity contribution >= 4 is 11.6 Å². The molecule has 1 saturated carbocycles. The Bertz CT molecular complexity index is 757. The fourth-order valence-electron chi connectivity index (χ4n) is 3.26. The highest BCUT2D eigenvalue weighted by molar-refractivity contribution is 5.75. The fourth-order valence-corrected chi connectivity index (χ4v) is 3.26. The Kier molecular flexibility index (Phi) is 3.51. The van der Waals surface area contributed by atoms with Crippen molar-refractivity contribution in [1.82, 2.24) is 14.4 Å². The molecule has 4 heteroatoms. The third-order valence-electron chi connectivity index (χ3n) is 4.40. The van der Waals surface area contributed by atoms with Crippen LogP contribution in [-0.2, 0) is 0 Å². The van der Waals surface area contributed by atoms with E-state index >= 15 is 0 Å². The summed E-state index contributed by atoms with van der Waals surface area (Å²) in [6.45, 7) is 0. The van der Waals surface area contributed by atoms with Crippen molar-refractivity contribution in [3.8, 4) is 11.3 Å². The predicted molar refractivity (Wildman–Crippen MR) is 88.9 cm³/mol. The number of fused-ring (bicyclic) bond motifs is 1. The summed E-state index contributed by atoms with van der Waals surface area (Å²) in [5.74, 6) is 1.82. The van der Waals surface area contributed by atoms with E-state index in [4.69, 9.17) is 4.98 Å². The molecule has 2 aromatic heterocycles. The van der Waals surface area contributed by atoms with Gasteiger partial charge in [0.2, 0.25) is 5.78 Å². The molecule has 1 fully saturated rings. The maximum atomic E-state index is 4.74. The standard InChI is InChI=1S/C18H20N4/c1-3-8-14(9-4-1)16-17(20-15-10-5-2-6-11-15)22-13-7-12-19-18(22)21-16/h1,3-4,7-9,12-13,15,20H,2,5-6,10-11H2. The third-order valence-corrected chi connectivity index (χ3v) is 4.40. The summed E-state index contributed by atoms with van der Waals surface area (Å²) < 4.78 is 2.07. The van der Waals surface area contributed by atoms with Crippen molar-refractivity contribution in [2.75, 3.05) is 5.32 Å². The summed E-state index contributed by atoms with van der Waals surface area (Å²) >= 11 is 0. The Hall–Kier alpha value is -2.36. The van der Waals surface area contributed by atoms with Gasteiger partial charge in [-0.15, -0.1) is 0 Å². The first kappa shape index (κ1) is 13.3. The Morgan fingerprint density at radius 3 is 2.64 bits per heavy atom. The zero-order chi connectivity index (χ0) is 14.8. The molecule has 0 spiro atoms. The molecular weight excluding hydrogens is 272 g/mol. The summed E-state index contributed by atoms with van der Waals surface area (Å²) in [7, 11) is 0. The number of hydrogen-bond donors (Lipinski definition) is 1. The first-order chi connectivity index (χ1) is 10.9. The Morgan fingerprint density at radius 2 is 1.82 bits per heavy atom. The van der Waals surface area contributed by atoms with Gasteiger partial charge in [0.15, 0.2) is 0 Å². The maximum Gasteiger partial charge on any atom is 0.235 e. The van der Waals surface area contributed by atoms with Gasteiger partial charge < -0.3 is 5.32 Å². The van der Waals surface area contributed by atoms with E-state index in [1.807, 2.05) is 18.3 Å². The number of benzene rings is 1. The number of hydrogen-bond acceptors (Lipinski definition) is 3. The lowest BCUT2D eigenvalue weighted by Gasteiger charge is -2.24. The quantitative estimate of drug-likeness (QED) is 0.789. The highest BCUT2D eigenvalue weighted by Gasteiger charge is 2.19. The molecule has 0 unspecified atom stereocenters. The average molecular weight is 292 g/mol. The van der Waals surface area contributed by atoms with Crippen LogP contribution in [0.15, 0.2) is 48.8 Å². The molecule has 4 nitrogen and oxygen atoms in total. The molecule has 0 atom stereocenters. The third kappa shape index (κ3) is 2.45. The van der Waals surface area contributed by atoms with Crippen LogP contribution in [-0.4, -0.2) is 20.4 Å². The van der Waals surface area contributed by atoms with Crippen LogP contribution in [0.2, 0.25) is 0 Å². The minimum Gasteiger partial charge on any atom is -0.367 e. The SMILES string of the molecule is c1ccc(-c2nc3ncccn3c2NC2CCCCC2)cc1. The van der Waals surface area contributed by atoms with Crippen molar-refractivity contribution in [1.29, 1.82) is 0 Å². The summed E-state index contributed by atoms with van der Waals surface area (Å²) in [5, 5.41) is 3.73. The second-order valence-corrected chi connectivity index (χ2v) is 5.94. The van der Waals surface area contributed by atoms with Gasteiger partial charge in [-0.3, -0.25) is 4.40 Å². The topological polar surface area (TPSA) is 42.2 Å². The first-order valence-electron chi connectivity index (χ1n) is 8.07. The molecule has 1 aliphatic rings. The minimum atomic E-state index is 0.538. The highest BCUT2D eigenvalue weighted by Crippen LogP contribution is 2.30. The number of nitrogens with zero attached hydrogens (tertiary/aromatic N) is 3. The monoisotopic (exact) mass is 292 g/mol. The van der Waals surface area contributed by atoms with Crippen LogP contribution in [0, 0.1) is 0 Å². The lowest BCUT2D eigenvalue weighted by Crippen LogP contribution is -2.23. The van der Waals surface area contributed by atoms with Crippen molar-refractivity contribution in [3.05, 3.63) is 48.8 Å². The second-order valence-electron chi connectivity index (χ2n) is 5.94. The van der Waals surface area contributed by atoms with E-state index in [2.05, 4.69) is 39.0 Å². The largest absolute Gasteiger partial charge is 0.367 e. The highest BCUT2D eigenvalue weighted by atomic mass is 15.2. The van der Waals surface area contributed by atoms with Gasteiger partial charge in [-0.25, -0.2) is 9.97 Å². The van der Waals surface area contributed by atoms with Gasteiger partial charge >= 0.3 is 0 Å². The normalized spacial score (nSPS) is 16.0. The molecule has 1 N–H and O–H groups in total. The molecule has 112 valence electrons. The zero-order valence-corrected chi connectivity index (χ0v) is 12.6. The predicted octanol–water partition coefficient (Wildman–Crippen LogP) is 4.14. The first-order valence-corrected chi connectivity index (χ1v) is 8.07. The molecular formula is C18H20N4. The van der Waals surface area contributed by atoms with Gasteiger partial charge in [-0.05, 0) is 18.9 Å². The molecule has 22 heavy (non-hydrogen) atoms. The number of imidazole rings is 1. The lowest BCUT2D eigenvalue weighted by molar-refractivity contribution is 0.461. The van der Waals surface area contributed by atoms with Gasteiger partial charge in [0.1, 0.15) is 11.5 Å². The van der Waals surface area contributed by atoms with Crippen molar-refractivity contribution in [2.45, 2.75) is 38.1 Å². The fraction of sp³-hybridized carbons (Fsp3) is 0.333. The molecule has 0 saturated heterocycles. The van der Waals surface area contributed by atoms with Crippen molar-refractivity contribution in [3.63, 3.8) is 0 Å². The molecule has 4 rings (SSSR count). The summed E-state index contributed by atoms with van der Waals surface area (Å²) in [6, 6.07) is 12.8. The van der Waals surface area contributed by atoms with Gasteiger partial charge in [0.25, 0.3) is 0 Å². The minimum absolute atomic E-state index is 0.538. The van der Waals surface area contributed by atoms with Crippen LogP contribution >= 0.6 is 0 Å². The van der Waals surface area contributed by atoms with Gasteiger partial charge in [-0.2, -0.15) is 0 Å². The number of aromatic nitrogens is 3. The van der Waals surface area contributed by atoms with E-state index < -0.39 is 0 Å². The molecule has 0 bridgehead atoms. The lowest BCUT2D eigenvalue weighted by atomic mass is 9.95. The van der Waals surface area contributed by atoms with E-state index in [-0.39, 0.29) is 0 Å². The average Bonchev–Trinajstić information content (AvgIpc) is 2.95. The molecule has 2 heterocycles. The second kappa shape index (κ2) is 5.79. The van der Waals surface area contributed by atoms with Gasteiger partial charge in [0.05, 0.1) is 0 Å². The van der Waals surface area contributed by atoms with Crippen molar-refractivity contribution in [2.24, 2.45) is 0 Å². The van der Waals surface area contributed by atoms with Crippen LogP contribution in [0.25, 0.3) is 17.0 Å². The Labute approximate surface area is 130 Å². The van der Waals surface area contributed by atoms with E-state index in [0.717, 1.165) is 22.9 Å². The van der Waals surface area contributed by atoms with E-state index in [1.165, 1.54) is 32.1 Å². The Morgan fingerprint density at radius 1 is 1.00 bits per heavy atom. The molecule has 0 aliphatic heterocycles. The Balaban J connectivity index is 1.79. The van der Waals surface area contributed by atoms with Crippen LogP contribution in [0.5, 0.6) is 0 Å². The molecule has 0 amide bonds. The molecule has 0 radical (unpaired) electrons. The van der Waals surface area contributed by atoms with Crippen molar-refractivity contribution < 1.29 is 0 Å². The van der Waals surface area contributed by atoms with Crippen LogP contribution in [0.4, 0.5) is 5.82 Å². The van der Waals surface area contributed by atoms with Gasteiger partial charge in [-0.1, -0.05) is 49.6 Å². The van der Waals surface area contributed by atoms with Crippen LogP contribution in [0.3, 0.4) is 0 Å². The summed E-state index contributed by atoms with van der Waals surface area (Å²) in [4.78, 5) is 9.13. The number of rotatable bonds is 3. The van der Waals surface area contributed by atoms with Crippen LogP contribution in [0.1, 0.15) is 32.1 Å². The van der Waals surface area contributed by atoms with Crippen LogP contribution < -0.4 is 5.32 Å². The molecule has 3 aromatic rings. The van der Waals surface area contributed by atoms with E-state index in [1.54, 1.807) is 6.20 Å². The maximum absolute atomic E-state index is 4.74. The molecule has 1 aliphatic carbocycles. The van der Waals surface area contributed by atoms with E-state index in [0.29, 0.717) is 6.04 Å². The summed E-state index contributed by atoms with van der Waals surface area (Å²) in [6.07, 6.45) is 10.3. The number of anilines is 1.